The highest BCUT2D eigenvalue weighted by atomic mass is 32.1. The summed E-state index contributed by atoms with van der Waals surface area (Å²) in [4.78, 5) is 30.8. The fourth-order valence-corrected chi connectivity index (χ4v) is 3.77. The van der Waals surface area contributed by atoms with Gasteiger partial charge in [-0.25, -0.2) is 14.2 Å². The molecule has 1 aromatic heterocycles. The molecule has 0 unspecified atom stereocenters. The number of halogens is 4. The standard InChI is InChI=1S/C23H22F4N4O2S/c1-14(2)31(22(33)30-18-9-4-3-8-17(18)24)12-20-29-19(13-34-20)21(32)28-11-15-6-5-7-16(10-15)23(25,26)27/h3-10,13-14H,11-12H2,1-2H3,(H,28,32)(H,30,33). The number of urea groups is 1. The Morgan fingerprint density at radius 2 is 1.85 bits per heavy atom. The van der Waals surface area contributed by atoms with Crippen molar-refractivity contribution in [1.82, 2.24) is 15.2 Å². The zero-order valence-corrected chi connectivity index (χ0v) is 19.1. The molecular weight excluding hydrogens is 472 g/mol. The second kappa shape index (κ2) is 10.6. The Morgan fingerprint density at radius 3 is 2.53 bits per heavy atom. The summed E-state index contributed by atoms with van der Waals surface area (Å²) in [5.74, 6) is -1.11. The van der Waals surface area contributed by atoms with Crippen molar-refractivity contribution in [3.63, 3.8) is 0 Å². The number of para-hydroxylation sites is 1. The van der Waals surface area contributed by atoms with Crippen molar-refractivity contribution in [2.45, 2.75) is 39.2 Å². The molecule has 0 aliphatic rings. The number of anilines is 1. The first-order chi connectivity index (χ1) is 16.0. The average Bonchev–Trinajstić information content (AvgIpc) is 3.25. The molecule has 0 saturated heterocycles. The van der Waals surface area contributed by atoms with Gasteiger partial charge in [-0.1, -0.05) is 24.3 Å². The van der Waals surface area contributed by atoms with Gasteiger partial charge >= 0.3 is 12.2 Å². The third-order valence-corrected chi connectivity index (χ3v) is 5.63. The number of hydrogen-bond acceptors (Lipinski definition) is 4. The number of nitrogens with one attached hydrogen (secondary N) is 2. The molecule has 0 radical (unpaired) electrons. The van der Waals surface area contributed by atoms with Gasteiger partial charge in [-0.05, 0) is 43.7 Å². The molecule has 180 valence electrons. The molecule has 34 heavy (non-hydrogen) atoms. The molecule has 2 aromatic carbocycles. The molecular formula is C23H22F4N4O2S. The van der Waals surface area contributed by atoms with Crippen LogP contribution in [0.3, 0.4) is 0 Å². The molecule has 0 fully saturated rings. The maximum atomic E-state index is 13.9. The molecule has 11 heteroatoms. The molecule has 3 aromatic rings. The summed E-state index contributed by atoms with van der Waals surface area (Å²) in [6, 6.07) is 9.73. The lowest BCUT2D eigenvalue weighted by molar-refractivity contribution is -0.137. The first-order valence-electron chi connectivity index (χ1n) is 10.3. The minimum atomic E-state index is -4.47. The second-order valence-electron chi connectivity index (χ2n) is 7.64. The molecule has 0 bridgehead atoms. The van der Waals surface area contributed by atoms with Crippen LogP contribution in [0.4, 0.5) is 28.0 Å². The number of hydrogen-bond donors (Lipinski definition) is 2. The zero-order valence-electron chi connectivity index (χ0n) is 18.3. The molecule has 0 aliphatic heterocycles. The fraction of sp³-hybridized carbons (Fsp3) is 0.261. The Morgan fingerprint density at radius 1 is 1.12 bits per heavy atom. The van der Waals surface area contributed by atoms with Crippen molar-refractivity contribution in [3.05, 3.63) is 81.6 Å². The van der Waals surface area contributed by atoms with E-state index in [0.717, 1.165) is 23.5 Å². The Hall–Kier alpha value is -3.47. The molecule has 2 N–H and O–H groups in total. The van der Waals surface area contributed by atoms with Gasteiger partial charge in [-0.3, -0.25) is 4.79 Å². The highest BCUT2D eigenvalue weighted by molar-refractivity contribution is 7.09. The topological polar surface area (TPSA) is 74.3 Å². The number of alkyl halides is 3. The molecule has 0 saturated carbocycles. The third-order valence-electron chi connectivity index (χ3n) is 4.80. The molecule has 3 rings (SSSR count). The number of nitrogens with zero attached hydrogens (tertiary/aromatic N) is 2. The second-order valence-corrected chi connectivity index (χ2v) is 8.58. The summed E-state index contributed by atoms with van der Waals surface area (Å²) in [7, 11) is 0. The minimum absolute atomic E-state index is 0.0481. The molecule has 0 spiro atoms. The van der Waals surface area contributed by atoms with E-state index in [1.54, 1.807) is 19.9 Å². The van der Waals surface area contributed by atoms with Crippen LogP contribution in [0, 0.1) is 5.82 Å². The Bertz CT molecular complexity index is 1160. The van der Waals surface area contributed by atoms with E-state index in [-0.39, 0.29) is 30.5 Å². The molecule has 6 nitrogen and oxygen atoms in total. The Kier molecular flexibility index (Phi) is 7.87. The van der Waals surface area contributed by atoms with Gasteiger partial charge in [0, 0.05) is 18.0 Å². The van der Waals surface area contributed by atoms with E-state index >= 15 is 0 Å². The van der Waals surface area contributed by atoms with E-state index in [2.05, 4.69) is 15.6 Å². The van der Waals surface area contributed by atoms with Crippen molar-refractivity contribution in [2.24, 2.45) is 0 Å². The summed E-state index contributed by atoms with van der Waals surface area (Å²) >= 11 is 1.16. The minimum Gasteiger partial charge on any atom is -0.347 e. The largest absolute Gasteiger partial charge is 0.416 e. The van der Waals surface area contributed by atoms with Crippen LogP contribution in [0.1, 0.15) is 40.5 Å². The van der Waals surface area contributed by atoms with E-state index in [1.807, 2.05) is 0 Å². The number of benzene rings is 2. The van der Waals surface area contributed by atoms with Gasteiger partial charge in [0.05, 0.1) is 17.8 Å². The predicted molar refractivity (Wildman–Crippen MR) is 121 cm³/mol. The Labute approximate surface area is 197 Å². The quantitative estimate of drug-likeness (QED) is 0.416. The lowest BCUT2D eigenvalue weighted by atomic mass is 10.1. The number of aromatic nitrogens is 1. The van der Waals surface area contributed by atoms with Crippen LogP contribution in [0.15, 0.2) is 53.9 Å². The van der Waals surface area contributed by atoms with E-state index in [1.165, 1.54) is 40.6 Å². The van der Waals surface area contributed by atoms with Crippen LogP contribution in [-0.4, -0.2) is 27.9 Å². The van der Waals surface area contributed by atoms with Crippen LogP contribution in [0.5, 0.6) is 0 Å². The number of rotatable bonds is 7. The third kappa shape index (κ3) is 6.53. The van der Waals surface area contributed by atoms with Crippen LogP contribution in [0.2, 0.25) is 0 Å². The lowest BCUT2D eigenvalue weighted by Crippen LogP contribution is -2.39. The molecule has 3 amide bonds. The summed E-state index contributed by atoms with van der Waals surface area (Å²) in [6.07, 6.45) is -4.47. The van der Waals surface area contributed by atoms with Crippen LogP contribution in [0.25, 0.3) is 0 Å². The van der Waals surface area contributed by atoms with E-state index in [9.17, 15) is 27.2 Å². The smallest absolute Gasteiger partial charge is 0.347 e. The first-order valence-corrected chi connectivity index (χ1v) is 11.1. The van der Waals surface area contributed by atoms with E-state index < -0.39 is 29.5 Å². The van der Waals surface area contributed by atoms with Gasteiger partial charge in [-0.2, -0.15) is 13.2 Å². The molecule has 0 aliphatic carbocycles. The van der Waals surface area contributed by atoms with E-state index in [0.29, 0.717) is 10.6 Å². The van der Waals surface area contributed by atoms with Crippen molar-refractivity contribution in [3.8, 4) is 0 Å². The van der Waals surface area contributed by atoms with Crippen molar-refractivity contribution in [2.75, 3.05) is 5.32 Å². The highest BCUT2D eigenvalue weighted by Crippen LogP contribution is 2.29. The van der Waals surface area contributed by atoms with Crippen molar-refractivity contribution in [1.29, 1.82) is 0 Å². The number of thiazole rings is 1. The van der Waals surface area contributed by atoms with Crippen LogP contribution < -0.4 is 10.6 Å². The molecule has 0 atom stereocenters. The molecule has 1 heterocycles. The number of amides is 3. The maximum absolute atomic E-state index is 13.9. The summed E-state index contributed by atoms with van der Waals surface area (Å²) < 4.78 is 52.4. The van der Waals surface area contributed by atoms with Crippen molar-refractivity contribution >= 4 is 29.0 Å². The van der Waals surface area contributed by atoms with Gasteiger partial charge in [0.1, 0.15) is 16.5 Å². The lowest BCUT2D eigenvalue weighted by Gasteiger charge is -2.26. The highest BCUT2D eigenvalue weighted by Gasteiger charge is 2.30. The Balaban J connectivity index is 1.62. The number of carbonyl (C=O) groups is 2. The number of carbonyl (C=O) groups excluding carboxylic acids is 2. The monoisotopic (exact) mass is 494 g/mol. The van der Waals surface area contributed by atoms with Gasteiger partial charge in [0.25, 0.3) is 5.91 Å². The van der Waals surface area contributed by atoms with Gasteiger partial charge in [0.2, 0.25) is 0 Å². The SMILES string of the molecule is CC(C)N(Cc1nc(C(=O)NCc2cccc(C(F)(F)F)c2)cs1)C(=O)Nc1ccccc1F. The van der Waals surface area contributed by atoms with Gasteiger partial charge in [-0.15, -0.1) is 11.3 Å². The summed E-state index contributed by atoms with van der Waals surface area (Å²) in [5, 5.41) is 7.05. The fourth-order valence-electron chi connectivity index (χ4n) is 3.00. The summed E-state index contributed by atoms with van der Waals surface area (Å²) in [6.45, 7) is 3.57. The first kappa shape index (κ1) is 25.2. The summed E-state index contributed by atoms with van der Waals surface area (Å²) in [5.41, 5.74) is -0.357. The average molecular weight is 495 g/mol. The predicted octanol–water partition coefficient (Wildman–Crippen LogP) is 5.67. The van der Waals surface area contributed by atoms with Crippen LogP contribution in [-0.2, 0) is 19.3 Å². The normalized spacial score (nSPS) is 11.4. The van der Waals surface area contributed by atoms with Gasteiger partial charge < -0.3 is 15.5 Å². The zero-order chi connectivity index (χ0) is 24.9. The van der Waals surface area contributed by atoms with Crippen LogP contribution >= 0.6 is 11.3 Å². The van der Waals surface area contributed by atoms with Crippen molar-refractivity contribution < 1.29 is 27.2 Å². The maximum Gasteiger partial charge on any atom is 0.416 e. The van der Waals surface area contributed by atoms with Gasteiger partial charge in [0.15, 0.2) is 0 Å². The van der Waals surface area contributed by atoms with E-state index in [4.69, 9.17) is 0 Å².